The van der Waals surface area contributed by atoms with Crippen molar-refractivity contribution in [2.24, 2.45) is 0 Å². The zero-order chi connectivity index (χ0) is 20.7. The van der Waals surface area contributed by atoms with Gasteiger partial charge >= 0.3 is 0 Å². The lowest BCUT2D eigenvalue weighted by molar-refractivity contribution is -0.181. The van der Waals surface area contributed by atoms with Gasteiger partial charge in [-0.3, -0.25) is 4.79 Å². The Balaban J connectivity index is 1.51. The average molecular weight is 402 g/mol. The van der Waals surface area contributed by atoms with E-state index in [-0.39, 0.29) is 5.91 Å². The number of hydrogen-bond acceptors (Lipinski definition) is 4. The summed E-state index contributed by atoms with van der Waals surface area (Å²) in [5, 5.41) is 0.892. The van der Waals surface area contributed by atoms with Gasteiger partial charge in [0.15, 0.2) is 5.79 Å². The van der Waals surface area contributed by atoms with Crippen LogP contribution in [0.15, 0.2) is 48.5 Å². The number of rotatable bonds is 2. The van der Waals surface area contributed by atoms with Gasteiger partial charge in [-0.25, -0.2) is 4.98 Å². The molecule has 5 heteroatoms. The monoisotopic (exact) mass is 402 g/mol. The molecule has 30 heavy (non-hydrogen) atoms. The number of nitrogens with zero attached hydrogens (tertiary/aromatic N) is 2. The summed E-state index contributed by atoms with van der Waals surface area (Å²) in [5.74, 6) is -0.437. The van der Waals surface area contributed by atoms with Gasteiger partial charge in [0.1, 0.15) is 0 Å². The van der Waals surface area contributed by atoms with Crippen molar-refractivity contribution in [3.05, 3.63) is 65.2 Å². The highest BCUT2D eigenvalue weighted by Crippen LogP contribution is 2.33. The van der Waals surface area contributed by atoms with Crippen LogP contribution in [0, 0.1) is 13.8 Å². The Bertz CT molecular complexity index is 1110. The van der Waals surface area contributed by atoms with Gasteiger partial charge in [-0.1, -0.05) is 30.3 Å². The molecule has 154 valence electrons. The van der Waals surface area contributed by atoms with E-state index in [1.807, 2.05) is 35.2 Å². The topological polar surface area (TPSA) is 51.7 Å². The van der Waals surface area contributed by atoms with Gasteiger partial charge in [0.25, 0.3) is 5.91 Å². The number of likely N-dealkylation sites (tertiary alicyclic amines) is 1. The fourth-order valence-electron chi connectivity index (χ4n) is 4.41. The van der Waals surface area contributed by atoms with Crippen molar-refractivity contribution in [3.63, 3.8) is 0 Å². The maximum absolute atomic E-state index is 13.5. The van der Waals surface area contributed by atoms with Gasteiger partial charge in [-0.15, -0.1) is 0 Å². The number of benzene rings is 2. The molecule has 1 spiro atoms. The summed E-state index contributed by atoms with van der Waals surface area (Å²) in [7, 11) is 0. The largest absolute Gasteiger partial charge is 0.347 e. The predicted octanol–water partition coefficient (Wildman–Crippen LogP) is 4.50. The SMILES string of the molecule is Cc1ccc(-c2cc(C(=O)N3CCC4(CC3)OCCO4)c3ccccc3n2)cc1C. The van der Waals surface area contributed by atoms with Crippen LogP contribution in [0.4, 0.5) is 0 Å². The van der Waals surface area contributed by atoms with E-state index >= 15 is 0 Å². The van der Waals surface area contributed by atoms with E-state index in [9.17, 15) is 4.79 Å². The van der Waals surface area contributed by atoms with E-state index in [0.29, 0.717) is 44.7 Å². The minimum absolute atomic E-state index is 0.0477. The Morgan fingerprint density at radius 3 is 2.43 bits per heavy atom. The van der Waals surface area contributed by atoms with E-state index in [2.05, 4.69) is 32.0 Å². The van der Waals surface area contributed by atoms with Crippen LogP contribution in [0.3, 0.4) is 0 Å². The van der Waals surface area contributed by atoms with Crippen molar-refractivity contribution >= 4 is 16.8 Å². The molecule has 0 saturated carbocycles. The Hall–Kier alpha value is -2.76. The Morgan fingerprint density at radius 2 is 1.70 bits per heavy atom. The maximum Gasteiger partial charge on any atom is 0.254 e. The summed E-state index contributed by atoms with van der Waals surface area (Å²) < 4.78 is 11.6. The minimum atomic E-state index is -0.484. The van der Waals surface area contributed by atoms with E-state index in [1.165, 1.54) is 11.1 Å². The second kappa shape index (κ2) is 7.49. The molecule has 2 aliphatic rings. The van der Waals surface area contributed by atoms with Gasteiger partial charge in [-0.05, 0) is 43.2 Å². The number of amides is 1. The molecule has 0 aliphatic carbocycles. The molecule has 2 saturated heterocycles. The van der Waals surface area contributed by atoms with Crippen molar-refractivity contribution in [1.29, 1.82) is 0 Å². The molecule has 0 unspecified atom stereocenters. The molecule has 3 aromatic rings. The number of piperidine rings is 1. The van der Waals surface area contributed by atoms with E-state index in [4.69, 9.17) is 14.5 Å². The first kappa shape index (κ1) is 19.2. The third kappa shape index (κ3) is 3.38. The summed E-state index contributed by atoms with van der Waals surface area (Å²) >= 11 is 0. The van der Waals surface area contributed by atoms with Crippen LogP contribution < -0.4 is 0 Å². The molecule has 5 nitrogen and oxygen atoms in total. The highest BCUT2D eigenvalue weighted by atomic mass is 16.7. The molecular formula is C25H26N2O3. The normalized spacial score (nSPS) is 18.3. The number of aromatic nitrogens is 1. The van der Waals surface area contributed by atoms with Gasteiger partial charge in [-0.2, -0.15) is 0 Å². The van der Waals surface area contributed by atoms with Crippen LogP contribution in [0.2, 0.25) is 0 Å². The van der Waals surface area contributed by atoms with E-state index < -0.39 is 5.79 Å². The molecule has 0 bridgehead atoms. The Kier molecular flexibility index (Phi) is 4.80. The molecule has 2 fully saturated rings. The lowest BCUT2D eigenvalue weighted by Gasteiger charge is -2.37. The third-order valence-corrected chi connectivity index (χ3v) is 6.38. The average Bonchev–Trinajstić information content (AvgIpc) is 3.23. The second-order valence-electron chi connectivity index (χ2n) is 8.27. The fourth-order valence-corrected chi connectivity index (χ4v) is 4.41. The molecule has 0 N–H and O–H groups in total. The summed E-state index contributed by atoms with van der Waals surface area (Å²) in [6.45, 7) is 6.75. The molecule has 1 amide bonds. The van der Waals surface area contributed by atoms with Gasteiger partial charge in [0.2, 0.25) is 0 Å². The van der Waals surface area contributed by atoms with Gasteiger partial charge in [0.05, 0.1) is 30.0 Å². The van der Waals surface area contributed by atoms with Crippen molar-refractivity contribution in [2.45, 2.75) is 32.5 Å². The zero-order valence-corrected chi connectivity index (χ0v) is 17.5. The standard InChI is InChI=1S/C25H26N2O3/c1-17-7-8-19(15-18(17)2)23-16-21(20-5-3-4-6-22(20)26-23)24(28)27-11-9-25(10-12-27)29-13-14-30-25/h3-8,15-16H,9-14H2,1-2H3. The highest BCUT2D eigenvalue weighted by Gasteiger charge is 2.41. The lowest BCUT2D eigenvalue weighted by atomic mass is 9.99. The number of carbonyl (C=O) groups excluding carboxylic acids is 1. The smallest absolute Gasteiger partial charge is 0.254 e. The maximum atomic E-state index is 13.5. The molecule has 2 aromatic carbocycles. The van der Waals surface area contributed by atoms with Crippen molar-refractivity contribution in [1.82, 2.24) is 9.88 Å². The molecule has 3 heterocycles. The first-order valence-electron chi connectivity index (χ1n) is 10.6. The van der Waals surface area contributed by atoms with E-state index in [0.717, 1.165) is 22.2 Å². The number of aryl methyl sites for hydroxylation is 2. The number of pyridine rings is 1. The number of fused-ring (bicyclic) bond motifs is 1. The van der Waals surface area contributed by atoms with Crippen LogP contribution in [0.25, 0.3) is 22.2 Å². The number of hydrogen-bond donors (Lipinski definition) is 0. The van der Waals surface area contributed by atoms with Crippen LogP contribution >= 0.6 is 0 Å². The molecule has 2 aliphatic heterocycles. The van der Waals surface area contributed by atoms with Crippen molar-refractivity contribution in [2.75, 3.05) is 26.3 Å². The van der Waals surface area contributed by atoms with Crippen molar-refractivity contribution < 1.29 is 14.3 Å². The van der Waals surface area contributed by atoms with Gasteiger partial charge in [0, 0.05) is 36.9 Å². The summed E-state index contributed by atoms with van der Waals surface area (Å²) in [4.78, 5) is 20.3. The molecule has 0 atom stereocenters. The quantitative estimate of drug-likeness (QED) is 0.633. The number of para-hydroxylation sites is 1. The molecule has 1 aromatic heterocycles. The minimum Gasteiger partial charge on any atom is -0.347 e. The number of carbonyl (C=O) groups is 1. The first-order valence-corrected chi connectivity index (χ1v) is 10.6. The zero-order valence-electron chi connectivity index (χ0n) is 17.5. The summed E-state index contributed by atoms with van der Waals surface area (Å²) in [5.41, 5.74) is 5.87. The first-order chi connectivity index (χ1) is 14.5. The molecule has 0 radical (unpaired) electrons. The van der Waals surface area contributed by atoms with Crippen LogP contribution in [0.5, 0.6) is 0 Å². The third-order valence-electron chi connectivity index (χ3n) is 6.38. The predicted molar refractivity (Wildman–Crippen MR) is 116 cm³/mol. The second-order valence-corrected chi connectivity index (χ2v) is 8.27. The lowest BCUT2D eigenvalue weighted by Crippen LogP contribution is -2.47. The summed E-state index contributed by atoms with van der Waals surface area (Å²) in [6, 6.07) is 16.1. The number of ether oxygens (including phenoxy) is 2. The summed E-state index contributed by atoms with van der Waals surface area (Å²) in [6.07, 6.45) is 1.43. The molecule has 5 rings (SSSR count). The van der Waals surface area contributed by atoms with E-state index in [1.54, 1.807) is 0 Å². The molecular weight excluding hydrogens is 376 g/mol. The Morgan fingerprint density at radius 1 is 0.967 bits per heavy atom. The fraction of sp³-hybridized carbons (Fsp3) is 0.360. The van der Waals surface area contributed by atoms with Crippen LogP contribution in [-0.2, 0) is 9.47 Å². The van der Waals surface area contributed by atoms with Crippen LogP contribution in [-0.4, -0.2) is 47.9 Å². The van der Waals surface area contributed by atoms with Crippen molar-refractivity contribution in [3.8, 4) is 11.3 Å². The van der Waals surface area contributed by atoms with Crippen LogP contribution in [0.1, 0.15) is 34.3 Å². The Labute approximate surface area is 176 Å². The highest BCUT2D eigenvalue weighted by molar-refractivity contribution is 6.07. The van der Waals surface area contributed by atoms with Gasteiger partial charge < -0.3 is 14.4 Å².